The van der Waals surface area contributed by atoms with Crippen molar-refractivity contribution in [2.45, 2.75) is 6.54 Å². The fourth-order valence-electron chi connectivity index (χ4n) is 1.48. The van der Waals surface area contributed by atoms with Crippen LogP contribution in [0.5, 0.6) is 0 Å². The number of rotatable bonds is 3. The van der Waals surface area contributed by atoms with Gasteiger partial charge in [0.15, 0.2) is 0 Å². The van der Waals surface area contributed by atoms with Crippen LogP contribution in [0.15, 0.2) is 33.5 Å². The van der Waals surface area contributed by atoms with Crippen LogP contribution in [0, 0.1) is 15.9 Å². The minimum Gasteiger partial charge on any atom is -0.258 e. The molecule has 0 amide bonds. The van der Waals surface area contributed by atoms with Gasteiger partial charge in [-0.3, -0.25) is 14.8 Å². The van der Waals surface area contributed by atoms with Gasteiger partial charge >= 0.3 is 0 Å². The van der Waals surface area contributed by atoms with Crippen LogP contribution in [0.3, 0.4) is 0 Å². The van der Waals surface area contributed by atoms with Crippen molar-refractivity contribution >= 4 is 37.5 Å². The number of hydrogen-bond donors (Lipinski definition) is 0. The molecular weight excluding hydrogens is 373 g/mol. The summed E-state index contributed by atoms with van der Waals surface area (Å²) in [5, 5.41) is 14.7. The molecule has 0 spiro atoms. The highest BCUT2D eigenvalue weighted by Gasteiger charge is 2.11. The van der Waals surface area contributed by atoms with Crippen molar-refractivity contribution < 1.29 is 9.31 Å². The van der Waals surface area contributed by atoms with Crippen LogP contribution in [-0.4, -0.2) is 14.7 Å². The van der Waals surface area contributed by atoms with Gasteiger partial charge in [-0.2, -0.15) is 5.10 Å². The van der Waals surface area contributed by atoms with E-state index < -0.39 is 10.7 Å². The highest BCUT2D eigenvalue weighted by molar-refractivity contribution is 9.11. The Bertz CT molecular complexity index is 615. The summed E-state index contributed by atoms with van der Waals surface area (Å²) in [6, 6.07) is 5.19. The molecule has 1 aromatic carbocycles. The normalized spacial score (nSPS) is 10.6. The summed E-state index contributed by atoms with van der Waals surface area (Å²) < 4.78 is 16.1. The Kier molecular flexibility index (Phi) is 3.76. The van der Waals surface area contributed by atoms with Gasteiger partial charge in [-0.1, -0.05) is 0 Å². The van der Waals surface area contributed by atoms with Crippen molar-refractivity contribution in [3.8, 4) is 0 Å². The molecule has 5 nitrogen and oxygen atoms in total. The number of aromatic nitrogens is 2. The van der Waals surface area contributed by atoms with Crippen LogP contribution >= 0.6 is 31.9 Å². The second-order valence-corrected chi connectivity index (χ2v) is 5.15. The van der Waals surface area contributed by atoms with E-state index in [2.05, 4.69) is 37.0 Å². The number of nitrogens with zero attached hydrogens (tertiary/aromatic N) is 3. The number of non-ortho nitro benzene ring substituents is 1. The number of nitro benzene ring substituents is 1. The quantitative estimate of drug-likeness (QED) is 0.606. The Labute approximate surface area is 118 Å². The SMILES string of the molecule is O=[N+]([O-])c1cc(F)cc(Cn2nc(Br)cc2Br)c1. The largest absolute Gasteiger partial charge is 0.272 e. The minimum absolute atomic E-state index is 0.241. The summed E-state index contributed by atoms with van der Waals surface area (Å²) in [7, 11) is 0. The minimum atomic E-state index is -0.637. The maximum atomic E-state index is 13.2. The third-order valence-corrected chi connectivity index (χ3v) is 3.21. The van der Waals surface area contributed by atoms with Crippen molar-refractivity contribution in [2.24, 2.45) is 0 Å². The van der Waals surface area contributed by atoms with Crippen molar-refractivity contribution in [2.75, 3.05) is 0 Å². The van der Waals surface area contributed by atoms with E-state index in [1.807, 2.05) is 0 Å². The lowest BCUT2D eigenvalue weighted by atomic mass is 10.2. The number of benzene rings is 1. The van der Waals surface area contributed by atoms with Gasteiger partial charge in [-0.05, 0) is 43.5 Å². The van der Waals surface area contributed by atoms with E-state index in [1.165, 1.54) is 12.1 Å². The summed E-state index contributed by atoms with van der Waals surface area (Å²) in [4.78, 5) is 10.0. The molecule has 2 rings (SSSR count). The molecule has 0 atom stereocenters. The lowest BCUT2D eigenvalue weighted by molar-refractivity contribution is -0.385. The van der Waals surface area contributed by atoms with Gasteiger partial charge < -0.3 is 0 Å². The lowest BCUT2D eigenvalue weighted by Gasteiger charge is -2.04. The molecule has 8 heteroatoms. The van der Waals surface area contributed by atoms with Crippen molar-refractivity contribution in [1.29, 1.82) is 0 Å². The molecule has 2 aromatic rings. The molecule has 1 heterocycles. The molecule has 0 N–H and O–H groups in total. The van der Waals surface area contributed by atoms with Crippen LogP contribution in [-0.2, 0) is 6.54 Å². The number of halogens is 3. The van der Waals surface area contributed by atoms with E-state index in [9.17, 15) is 14.5 Å². The van der Waals surface area contributed by atoms with Gasteiger partial charge in [0.2, 0.25) is 0 Å². The van der Waals surface area contributed by atoms with E-state index in [-0.39, 0.29) is 12.2 Å². The molecule has 0 saturated carbocycles. The second-order valence-electron chi connectivity index (χ2n) is 3.52. The summed E-state index contributed by atoms with van der Waals surface area (Å²) in [5.74, 6) is -0.637. The molecule has 0 aliphatic carbocycles. The molecule has 0 bridgehead atoms. The maximum absolute atomic E-state index is 13.2. The molecule has 0 fully saturated rings. The van der Waals surface area contributed by atoms with E-state index in [0.29, 0.717) is 14.8 Å². The molecular formula is C10H6Br2FN3O2. The zero-order valence-electron chi connectivity index (χ0n) is 8.81. The van der Waals surface area contributed by atoms with Crippen molar-refractivity contribution in [3.05, 3.63) is 55.0 Å². The maximum Gasteiger partial charge on any atom is 0.272 e. The van der Waals surface area contributed by atoms with Crippen LogP contribution < -0.4 is 0 Å². The van der Waals surface area contributed by atoms with E-state index in [0.717, 1.165) is 6.07 Å². The molecule has 0 unspecified atom stereocenters. The van der Waals surface area contributed by atoms with Crippen LogP contribution in [0.1, 0.15) is 5.56 Å². The third-order valence-electron chi connectivity index (χ3n) is 2.19. The fraction of sp³-hybridized carbons (Fsp3) is 0.100. The highest BCUT2D eigenvalue weighted by Crippen LogP contribution is 2.20. The van der Waals surface area contributed by atoms with Gasteiger partial charge in [-0.25, -0.2) is 4.39 Å². The molecule has 94 valence electrons. The zero-order valence-corrected chi connectivity index (χ0v) is 12.0. The van der Waals surface area contributed by atoms with Crippen molar-refractivity contribution in [1.82, 2.24) is 9.78 Å². The first-order valence-electron chi connectivity index (χ1n) is 4.78. The predicted molar refractivity (Wildman–Crippen MR) is 69.8 cm³/mol. The van der Waals surface area contributed by atoms with Crippen LogP contribution in [0.2, 0.25) is 0 Å². The Morgan fingerprint density at radius 2 is 2.06 bits per heavy atom. The van der Waals surface area contributed by atoms with Gasteiger partial charge in [0, 0.05) is 12.1 Å². The summed E-state index contributed by atoms with van der Waals surface area (Å²) in [5.41, 5.74) is 0.199. The van der Waals surface area contributed by atoms with Crippen LogP contribution in [0.25, 0.3) is 0 Å². The highest BCUT2D eigenvalue weighted by atomic mass is 79.9. The summed E-state index contributed by atoms with van der Waals surface area (Å²) in [6.45, 7) is 0.241. The summed E-state index contributed by atoms with van der Waals surface area (Å²) >= 11 is 6.49. The molecule has 1 aromatic heterocycles. The van der Waals surface area contributed by atoms with Gasteiger partial charge in [-0.15, -0.1) is 0 Å². The first-order valence-corrected chi connectivity index (χ1v) is 6.37. The van der Waals surface area contributed by atoms with Gasteiger partial charge in [0.1, 0.15) is 15.0 Å². The smallest absolute Gasteiger partial charge is 0.258 e. The molecule has 0 aliphatic rings. The first-order chi connectivity index (χ1) is 8.45. The standard InChI is InChI=1S/C10H6Br2FN3O2/c11-9-4-10(12)15(14-9)5-6-1-7(13)3-8(2-6)16(17)18/h1-4H,5H2. The van der Waals surface area contributed by atoms with Crippen molar-refractivity contribution in [3.63, 3.8) is 0 Å². The van der Waals surface area contributed by atoms with E-state index in [1.54, 1.807) is 10.7 Å². The monoisotopic (exact) mass is 377 g/mol. The topological polar surface area (TPSA) is 61.0 Å². The predicted octanol–water partition coefficient (Wildman–Crippen LogP) is 3.50. The third kappa shape index (κ3) is 2.94. The molecule has 0 radical (unpaired) electrons. The number of nitro groups is 1. The van der Waals surface area contributed by atoms with E-state index >= 15 is 0 Å². The Morgan fingerprint density at radius 3 is 2.61 bits per heavy atom. The zero-order chi connectivity index (χ0) is 13.3. The average molecular weight is 379 g/mol. The Hall–Kier alpha value is -1.28. The number of hydrogen-bond acceptors (Lipinski definition) is 3. The Balaban J connectivity index is 2.34. The molecule has 18 heavy (non-hydrogen) atoms. The van der Waals surface area contributed by atoms with Gasteiger partial charge in [0.05, 0.1) is 17.5 Å². The van der Waals surface area contributed by atoms with Crippen LogP contribution in [0.4, 0.5) is 10.1 Å². The second kappa shape index (κ2) is 5.15. The van der Waals surface area contributed by atoms with Gasteiger partial charge in [0.25, 0.3) is 5.69 Å². The fourth-order valence-corrected chi connectivity index (χ4v) is 2.62. The Morgan fingerprint density at radius 1 is 1.33 bits per heavy atom. The molecule has 0 aliphatic heterocycles. The average Bonchev–Trinajstić information content (AvgIpc) is 2.56. The summed E-state index contributed by atoms with van der Waals surface area (Å²) in [6.07, 6.45) is 0. The molecule has 0 saturated heterocycles. The van der Waals surface area contributed by atoms with E-state index in [4.69, 9.17) is 0 Å². The lowest BCUT2D eigenvalue weighted by Crippen LogP contribution is -2.03. The first kappa shape index (κ1) is 13.2.